The first-order chi connectivity index (χ1) is 25.9. The molecule has 3 aromatic carbocycles. The topological polar surface area (TPSA) is 15.9 Å². The number of halogens is 4. The molecular formula is C44H48B2F4N4. The number of hydrogen-bond acceptors (Lipinski definition) is 0. The molecule has 10 heteroatoms. The largest absolute Gasteiger partial charge is 0.737 e. The van der Waals surface area contributed by atoms with Crippen LogP contribution in [0.15, 0.2) is 36.4 Å². The van der Waals surface area contributed by atoms with Gasteiger partial charge in [0.05, 0.1) is 22.3 Å². The minimum atomic E-state index is -4.26. The van der Waals surface area contributed by atoms with Crippen LogP contribution >= 0.6 is 0 Å². The van der Waals surface area contributed by atoms with Gasteiger partial charge in [0.25, 0.3) is 0 Å². The lowest BCUT2D eigenvalue weighted by Gasteiger charge is -2.31. The van der Waals surface area contributed by atoms with Crippen molar-refractivity contribution < 1.29 is 26.2 Å². The molecule has 0 radical (unpaired) electrons. The van der Waals surface area contributed by atoms with Crippen molar-refractivity contribution in [2.75, 3.05) is 0 Å². The van der Waals surface area contributed by atoms with Gasteiger partial charge in [0.15, 0.2) is 11.4 Å². The summed E-state index contributed by atoms with van der Waals surface area (Å²) in [5.41, 5.74) is 12.2. The fourth-order valence-electron chi connectivity index (χ4n) is 10.7. The van der Waals surface area contributed by atoms with Gasteiger partial charge in [0.2, 0.25) is 0 Å². The van der Waals surface area contributed by atoms with Gasteiger partial charge in [0, 0.05) is 57.9 Å². The summed E-state index contributed by atoms with van der Waals surface area (Å²) in [6.07, 6.45) is 8.91. The Kier molecular flexibility index (Phi) is 7.78. The summed E-state index contributed by atoms with van der Waals surface area (Å²) < 4.78 is 75.0. The Hall–Kier alpha value is -4.59. The number of nitrogens with zero attached hydrogens (tertiary/aromatic N) is 4. The molecule has 0 spiro atoms. The van der Waals surface area contributed by atoms with E-state index in [0.29, 0.717) is 93.2 Å². The van der Waals surface area contributed by atoms with Crippen LogP contribution in [0.25, 0.3) is 45.1 Å². The van der Waals surface area contributed by atoms with Crippen LogP contribution in [0, 0.1) is 0 Å². The van der Waals surface area contributed by atoms with Gasteiger partial charge in [0.1, 0.15) is 11.4 Å². The van der Waals surface area contributed by atoms with Crippen LogP contribution in [0.5, 0.6) is 0 Å². The Morgan fingerprint density at radius 2 is 0.778 bits per heavy atom. The Morgan fingerprint density at radius 1 is 0.426 bits per heavy atom. The fraction of sp³-hybridized carbons (Fsp3) is 0.364. The maximum Gasteiger partial charge on any atom is 0.737 e. The van der Waals surface area contributed by atoms with Crippen LogP contribution in [0.3, 0.4) is 0 Å². The zero-order chi connectivity index (χ0) is 38.2. The number of hydrogen-bond donors (Lipinski definition) is 0. The predicted octanol–water partition coefficient (Wildman–Crippen LogP) is 10.9. The molecule has 0 saturated heterocycles. The quantitative estimate of drug-likeness (QED) is 0.112. The number of aromatic nitrogens is 2. The molecule has 0 fully saturated rings. The highest BCUT2D eigenvalue weighted by Crippen LogP contribution is 2.49. The molecule has 9 rings (SSSR count). The average molecular weight is 731 g/mol. The molecule has 4 aliphatic rings. The lowest BCUT2D eigenvalue weighted by atomic mass is 9.89. The third kappa shape index (κ3) is 4.23. The van der Waals surface area contributed by atoms with Gasteiger partial charge in [-0.25, -0.2) is 0 Å². The molecule has 0 aliphatic carbocycles. The number of benzene rings is 3. The Morgan fingerprint density at radius 3 is 1.22 bits per heavy atom. The molecule has 0 amide bonds. The van der Waals surface area contributed by atoms with Crippen molar-refractivity contribution >= 4 is 70.5 Å². The van der Waals surface area contributed by atoms with E-state index in [4.69, 9.17) is 0 Å². The van der Waals surface area contributed by atoms with Gasteiger partial charge < -0.3 is 35.2 Å². The maximum absolute atomic E-state index is 17.4. The Bertz CT molecular complexity index is 2650. The number of fused-ring (bicyclic) bond motifs is 12. The van der Waals surface area contributed by atoms with E-state index in [2.05, 4.69) is 52.0 Å². The van der Waals surface area contributed by atoms with E-state index in [9.17, 15) is 0 Å². The fourth-order valence-corrected chi connectivity index (χ4v) is 10.7. The predicted molar refractivity (Wildman–Crippen MR) is 218 cm³/mol. The standard InChI is InChI=1S/C44H48B2F4N4/c1-9-25-17-29-31(19-27(25)11-3)41-23-43-35-21-34-36(22-33(35)39(15-7)53(43)45(47,48)51(41)37(29)13-5)44-24-42-32-20-28(12-4)26(10-2)18-30(32)38(14-6)52(42)46(49,50)54(44)40(34)16-8/h17-24H,9-16H2,1-8H3. The van der Waals surface area contributed by atoms with Gasteiger partial charge in [-0.3, -0.25) is 0 Å². The SMILES string of the molecule is CCC1=[N+]2C(=Cc3c4cc(CC)c(CC)cc4c(CC)n3[B-]2(F)F)c2cc3c(CC)n4c(c3cc21)C=C1c2cc(CC)c(CC)cc2C(CC)=[N+]1[B-]4(F)F. The van der Waals surface area contributed by atoms with Gasteiger partial charge in [-0.1, -0.05) is 55.4 Å². The smallest absolute Gasteiger partial charge is 0.393 e. The van der Waals surface area contributed by atoms with Gasteiger partial charge >= 0.3 is 13.9 Å². The van der Waals surface area contributed by atoms with Gasteiger partial charge in [-0.05, 0) is 109 Å². The highest BCUT2D eigenvalue weighted by atomic mass is 19.3. The first kappa shape index (κ1) is 35.1. The molecule has 0 unspecified atom stereocenters. The molecular weight excluding hydrogens is 682 g/mol. The Balaban J connectivity index is 1.33. The zero-order valence-electron chi connectivity index (χ0n) is 32.7. The minimum absolute atomic E-state index is 0.373. The highest BCUT2D eigenvalue weighted by molar-refractivity contribution is 6.60. The average Bonchev–Trinajstić information content (AvgIpc) is 3.87. The minimum Gasteiger partial charge on any atom is -0.393 e. The van der Waals surface area contributed by atoms with Crippen LogP contribution in [0.2, 0.25) is 0 Å². The van der Waals surface area contributed by atoms with E-state index in [1.807, 2.05) is 52.0 Å². The second-order valence-electron chi connectivity index (χ2n) is 15.4. The summed E-state index contributed by atoms with van der Waals surface area (Å²) in [5, 5.41) is 3.14. The van der Waals surface area contributed by atoms with Gasteiger partial charge in [-0.2, -0.15) is 0 Å². The third-order valence-electron chi connectivity index (χ3n) is 13.0. The van der Waals surface area contributed by atoms with Crippen molar-refractivity contribution in [3.63, 3.8) is 0 Å². The van der Waals surface area contributed by atoms with Crippen LogP contribution in [-0.2, 0) is 38.5 Å². The maximum atomic E-state index is 17.4. The second-order valence-corrected chi connectivity index (χ2v) is 15.4. The molecule has 0 N–H and O–H groups in total. The van der Waals surface area contributed by atoms with Crippen LogP contribution < -0.4 is 0 Å². The summed E-state index contributed by atoms with van der Waals surface area (Å²) in [6, 6.07) is 12.4. The molecule has 6 heterocycles. The molecule has 0 atom stereocenters. The lowest BCUT2D eigenvalue weighted by molar-refractivity contribution is -0.319. The van der Waals surface area contributed by atoms with E-state index in [1.165, 1.54) is 40.2 Å². The number of rotatable bonds is 8. The van der Waals surface area contributed by atoms with Crippen molar-refractivity contribution in [3.8, 4) is 0 Å². The van der Waals surface area contributed by atoms with Crippen LogP contribution in [0.1, 0.15) is 136 Å². The van der Waals surface area contributed by atoms with E-state index in [1.54, 1.807) is 0 Å². The monoisotopic (exact) mass is 730 g/mol. The van der Waals surface area contributed by atoms with E-state index >= 15 is 17.3 Å². The summed E-state index contributed by atoms with van der Waals surface area (Å²) in [5.74, 6) is 0. The summed E-state index contributed by atoms with van der Waals surface area (Å²) in [7, 11) is 0. The van der Waals surface area contributed by atoms with E-state index in [0.717, 1.165) is 47.6 Å². The lowest BCUT2D eigenvalue weighted by Crippen LogP contribution is -2.50. The Labute approximate surface area is 315 Å². The first-order valence-corrected chi connectivity index (χ1v) is 20.3. The summed E-state index contributed by atoms with van der Waals surface area (Å²) in [4.78, 5) is 0. The van der Waals surface area contributed by atoms with Crippen LogP contribution in [-0.4, -0.2) is 43.3 Å². The normalized spacial score (nSPS) is 17.5. The van der Waals surface area contributed by atoms with Crippen LogP contribution in [0.4, 0.5) is 17.3 Å². The molecule has 54 heavy (non-hydrogen) atoms. The van der Waals surface area contributed by atoms with Crippen molar-refractivity contribution in [2.45, 2.75) is 107 Å². The van der Waals surface area contributed by atoms with Gasteiger partial charge in [-0.15, -0.1) is 0 Å². The molecule has 5 aromatic rings. The van der Waals surface area contributed by atoms with Crippen molar-refractivity contribution in [1.29, 1.82) is 0 Å². The summed E-state index contributed by atoms with van der Waals surface area (Å²) in [6.45, 7) is 7.69. The summed E-state index contributed by atoms with van der Waals surface area (Å²) >= 11 is 0. The molecule has 278 valence electrons. The molecule has 0 bridgehead atoms. The molecule has 0 saturated carbocycles. The number of aryl methyl sites for hydroxylation is 6. The van der Waals surface area contributed by atoms with E-state index in [-0.39, 0.29) is 0 Å². The zero-order valence-corrected chi connectivity index (χ0v) is 32.7. The molecule has 2 aromatic heterocycles. The van der Waals surface area contributed by atoms with Crippen molar-refractivity contribution in [1.82, 2.24) is 8.96 Å². The van der Waals surface area contributed by atoms with Crippen molar-refractivity contribution in [2.24, 2.45) is 0 Å². The highest BCUT2D eigenvalue weighted by Gasteiger charge is 2.57. The molecule has 4 aliphatic heterocycles. The first-order valence-electron chi connectivity index (χ1n) is 20.3. The van der Waals surface area contributed by atoms with Crippen molar-refractivity contribution in [3.05, 3.63) is 104 Å². The second kappa shape index (κ2) is 12.0. The molecule has 4 nitrogen and oxygen atoms in total. The third-order valence-corrected chi connectivity index (χ3v) is 13.0. The van der Waals surface area contributed by atoms with E-state index < -0.39 is 13.9 Å².